The Labute approximate surface area is 325 Å². The SMILES string of the molecule is CC1(C)c2ccc(-c3ccc(-c4c5ccccc5c(-c5cccc6ccccc56)c5ccccc45)cc3)cc2-c2ccc3cc4oc5ccccc5c4cc3c21. The number of fused-ring (bicyclic) bond motifs is 11. The number of rotatable bonds is 3. The topological polar surface area (TPSA) is 13.1 Å². The fraction of sp³-hybridized carbons (Fsp3) is 0.0545. The lowest BCUT2D eigenvalue weighted by molar-refractivity contribution is 0.665. The van der Waals surface area contributed by atoms with E-state index in [-0.39, 0.29) is 5.41 Å². The van der Waals surface area contributed by atoms with Crippen molar-refractivity contribution in [1.82, 2.24) is 0 Å². The molecule has 1 aliphatic carbocycles. The van der Waals surface area contributed by atoms with Crippen molar-refractivity contribution in [2.75, 3.05) is 0 Å². The van der Waals surface area contributed by atoms with E-state index in [0.717, 1.165) is 11.2 Å². The largest absolute Gasteiger partial charge is 0.456 e. The van der Waals surface area contributed by atoms with Crippen LogP contribution in [-0.2, 0) is 5.41 Å². The molecule has 1 heteroatoms. The van der Waals surface area contributed by atoms with Gasteiger partial charge >= 0.3 is 0 Å². The first kappa shape index (κ1) is 31.4. The van der Waals surface area contributed by atoms with E-state index in [2.05, 4.69) is 190 Å². The lowest BCUT2D eigenvalue weighted by Crippen LogP contribution is -2.15. The van der Waals surface area contributed by atoms with Crippen molar-refractivity contribution in [3.8, 4) is 44.5 Å². The minimum atomic E-state index is -0.139. The van der Waals surface area contributed by atoms with Gasteiger partial charge in [-0.05, 0) is 123 Å². The molecular formula is C55H36O. The fourth-order valence-electron chi connectivity index (χ4n) is 10.1. The second-order valence-corrected chi connectivity index (χ2v) is 16.0. The maximum atomic E-state index is 6.27. The summed E-state index contributed by atoms with van der Waals surface area (Å²) in [4.78, 5) is 0. The summed E-state index contributed by atoms with van der Waals surface area (Å²) >= 11 is 0. The highest BCUT2D eigenvalue weighted by atomic mass is 16.3. The average molecular weight is 713 g/mol. The van der Waals surface area contributed by atoms with Crippen LogP contribution >= 0.6 is 0 Å². The molecule has 262 valence electrons. The summed E-state index contributed by atoms with van der Waals surface area (Å²) < 4.78 is 6.27. The van der Waals surface area contributed by atoms with Gasteiger partial charge in [-0.2, -0.15) is 0 Å². The van der Waals surface area contributed by atoms with Gasteiger partial charge in [-0.1, -0.05) is 172 Å². The zero-order chi connectivity index (χ0) is 37.1. The molecule has 0 saturated heterocycles. The number of para-hydroxylation sites is 1. The zero-order valence-corrected chi connectivity index (χ0v) is 31.2. The van der Waals surface area contributed by atoms with E-state index in [4.69, 9.17) is 4.42 Å². The second kappa shape index (κ2) is 11.5. The summed E-state index contributed by atoms with van der Waals surface area (Å²) in [6.07, 6.45) is 0. The molecule has 0 aliphatic heterocycles. The predicted octanol–water partition coefficient (Wildman–Crippen LogP) is 15.5. The van der Waals surface area contributed by atoms with Crippen molar-refractivity contribution in [3.63, 3.8) is 0 Å². The normalized spacial score (nSPS) is 13.3. The van der Waals surface area contributed by atoms with Crippen LogP contribution in [0, 0.1) is 0 Å². The van der Waals surface area contributed by atoms with Crippen LogP contribution in [0.3, 0.4) is 0 Å². The van der Waals surface area contributed by atoms with Gasteiger partial charge in [0.1, 0.15) is 11.2 Å². The predicted molar refractivity (Wildman–Crippen MR) is 238 cm³/mol. The second-order valence-electron chi connectivity index (χ2n) is 16.0. The quantitative estimate of drug-likeness (QED) is 0.166. The third-order valence-electron chi connectivity index (χ3n) is 12.6. The van der Waals surface area contributed by atoms with Crippen LogP contribution in [0.4, 0.5) is 0 Å². The summed E-state index contributed by atoms with van der Waals surface area (Å²) in [7, 11) is 0. The van der Waals surface area contributed by atoms with Crippen molar-refractivity contribution >= 4 is 65.0 Å². The van der Waals surface area contributed by atoms with Crippen LogP contribution in [0.25, 0.3) is 110 Å². The lowest BCUT2D eigenvalue weighted by Gasteiger charge is -2.23. The molecule has 0 N–H and O–H groups in total. The van der Waals surface area contributed by atoms with Gasteiger partial charge in [-0.3, -0.25) is 0 Å². The van der Waals surface area contributed by atoms with Gasteiger partial charge in [-0.15, -0.1) is 0 Å². The van der Waals surface area contributed by atoms with Gasteiger partial charge in [0.15, 0.2) is 0 Å². The number of hydrogen-bond donors (Lipinski definition) is 0. The molecule has 0 unspecified atom stereocenters. The standard InChI is InChI=1S/C55H36O/c1-55(2)49-29-27-36(30-47(49)45-28-26-37-31-51-48(32-46(37)54(45)55)39-15-9-10-21-50(39)56-51)33-22-24-35(25-23-33)52-41-16-5-7-18-43(41)53(44-19-8-6-17-42(44)52)40-20-11-13-34-12-3-4-14-38(34)40/h3-32H,1-2H3. The maximum Gasteiger partial charge on any atom is 0.136 e. The van der Waals surface area contributed by atoms with Crippen LogP contribution in [-0.4, -0.2) is 0 Å². The Kier molecular flexibility index (Phi) is 6.46. The molecule has 0 saturated carbocycles. The average Bonchev–Trinajstić information content (AvgIpc) is 3.72. The highest BCUT2D eigenvalue weighted by molar-refractivity contribution is 6.23. The molecule has 11 aromatic rings. The monoisotopic (exact) mass is 712 g/mol. The third kappa shape index (κ3) is 4.37. The van der Waals surface area contributed by atoms with Gasteiger partial charge in [0.25, 0.3) is 0 Å². The Hall–Kier alpha value is -6.96. The summed E-state index contributed by atoms with van der Waals surface area (Å²) in [5.41, 5.74) is 14.7. The van der Waals surface area contributed by atoms with Gasteiger partial charge in [-0.25, -0.2) is 0 Å². The Morgan fingerprint density at radius 1 is 0.339 bits per heavy atom. The Morgan fingerprint density at radius 3 is 1.70 bits per heavy atom. The van der Waals surface area contributed by atoms with E-state index >= 15 is 0 Å². The van der Waals surface area contributed by atoms with E-state index in [1.807, 2.05) is 6.07 Å². The molecule has 1 nitrogen and oxygen atoms in total. The molecule has 1 aromatic heterocycles. The van der Waals surface area contributed by atoms with Crippen molar-refractivity contribution < 1.29 is 4.42 Å². The molecule has 0 fully saturated rings. The molecule has 12 rings (SSSR count). The van der Waals surface area contributed by atoms with Crippen LogP contribution in [0.5, 0.6) is 0 Å². The Morgan fingerprint density at radius 2 is 0.946 bits per heavy atom. The minimum Gasteiger partial charge on any atom is -0.456 e. The first-order chi connectivity index (χ1) is 27.5. The summed E-state index contributed by atoms with van der Waals surface area (Å²) in [5, 5.41) is 12.5. The van der Waals surface area contributed by atoms with Gasteiger partial charge in [0.05, 0.1) is 0 Å². The van der Waals surface area contributed by atoms with Gasteiger partial charge < -0.3 is 4.42 Å². The van der Waals surface area contributed by atoms with Crippen molar-refractivity contribution in [1.29, 1.82) is 0 Å². The zero-order valence-electron chi connectivity index (χ0n) is 31.2. The molecule has 10 aromatic carbocycles. The van der Waals surface area contributed by atoms with Crippen molar-refractivity contribution in [3.05, 3.63) is 193 Å². The Bertz CT molecular complexity index is 3370. The lowest BCUT2D eigenvalue weighted by atomic mass is 9.80. The smallest absolute Gasteiger partial charge is 0.136 e. The molecule has 0 bridgehead atoms. The molecule has 1 heterocycles. The Balaban J connectivity index is 0.990. The van der Waals surface area contributed by atoms with Crippen LogP contribution in [0.15, 0.2) is 186 Å². The van der Waals surface area contributed by atoms with Crippen LogP contribution in [0.1, 0.15) is 25.0 Å². The van der Waals surface area contributed by atoms with Crippen LogP contribution in [0.2, 0.25) is 0 Å². The highest BCUT2D eigenvalue weighted by Gasteiger charge is 2.37. The van der Waals surface area contributed by atoms with E-state index in [9.17, 15) is 0 Å². The number of benzene rings is 10. The fourth-order valence-corrected chi connectivity index (χ4v) is 10.1. The minimum absolute atomic E-state index is 0.139. The molecule has 0 spiro atoms. The number of hydrogen-bond acceptors (Lipinski definition) is 1. The summed E-state index contributed by atoms with van der Waals surface area (Å²) in [6.45, 7) is 4.76. The third-order valence-corrected chi connectivity index (χ3v) is 12.6. The van der Waals surface area contributed by atoms with E-state index in [1.54, 1.807) is 0 Å². The molecule has 56 heavy (non-hydrogen) atoms. The molecule has 0 amide bonds. The summed E-state index contributed by atoms with van der Waals surface area (Å²) in [5.74, 6) is 0. The van der Waals surface area contributed by atoms with Crippen molar-refractivity contribution in [2.24, 2.45) is 0 Å². The van der Waals surface area contributed by atoms with Crippen molar-refractivity contribution in [2.45, 2.75) is 19.3 Å². The number of furan rings is 1. The first-order valence-corrected chi connectivity index (χ1v) is 19.6. The highest BCUT2D eigenvalue weighted by Crippen LogP contribution is 2.53. The first-order valence-electron chi connectivity index (χ1n) is 19.6. The van der Waals surface area contributed by atoms with E-state index in [1.165, 1.54) is 109 Å². The van der Waals surface area contributed by atoms with Gasteiger partial charge in [0, 0.05) is 16.2 Å². The molecule has 0 atom stereocenters. The van der Waals surface area contributed by atoms with E-state index < -0.39 is 0 Å². The van der Waals surface area contributed by atoms with Crippen LogP contribution < -0.4 is 0 Å². The summed E-state index contributed by atoms with van der Waals surface area (Å²) in [6, 6.07) is 67.2. The van der Waals surface area contributed by atoms with Gasteiger partial charge in [0.2, 0.25) is 0 Å². The molecular weight excluding hydrogens is 677 g/mol. The maximum absolute atomic E-state index is 6.27. The molecule has 1 aliphatic rings. The van der Waals surface area contributed by atoms with E-state index in [0.29, 0.717) is 0 Å². The molecule has 0 radical (unpaired) electrons.